The van der Waals surface area contributed by atoms with Crippen LogP contribution in [0.25, 0.3) is 33.4 Å². The van der Waals surface area contributed by atoms with Crippen LogP contribution >= 0.6 is 7.92 Å². The standard InChI is InChI=1S/C36H41O5P/c1-21-14-24(16-26(15-21)37-7)30-20-31(25-17-27(38-8)19-28(18-25)39-9)34(40-10)33(22(30)2)29-12-11-13-32-35(29)42(23(3)41-32)36(4,5)6/h11-20,23H,1-10H3/t23-,42-/m0/s1. The second-order valence-electron chi connectivity index (χ2n) is 11.8. The molecule has 0 saturated carbocycles. The maximum atomic E-state index is 6.50. The third-order valence-electron chi connectivity index (χ3n) is 7.90. The van der Waals surface area contributed by atoms with Crippen LogP contribution in [0.2, 0.25) is 0 Å². The highest BCUT2D eigenvalue weighted by Crippen LogP contribution is 2.61. The smallest absolute Gasteiger partial charge is 0.134 e. The number of fused-ring (bicyclic) bond motifs is 1. The summed E-state index contributed by atoms with van der Waals surface area (Å²) < 4.78 is 29.8. The predicted molar refractivity (Wildman–Crippen MR) is 175 cm³/mol. The summed E-state index contributed by atoms with van der Waals surface area (Å²) in [5.74, 6) is 4.15. The Morgan fingerprint density at radius 3 is 1.86 bits per heavy atom. The topological polar surface area (TPSA) is 46.2 Å². The summed E-state index contributed by atoms with van der Waals surface area (Å²) in [6.45, 7) is 13.4. The number of benzene rings is 4. The van der Waals surface area contributed by atoms with Crippen LogP contribution in [0, 0.1) is 13.8 Å². The first-order chi connectivity index (χ1) is 20.0. The molecule has 1 aliphatic rings. The summed E-state index contributed by atoms with van der Waals surface area (Å²) in [7, 11) is 6.17. The van der Waals surface area contributed by atoms with Crippen LogP contribution in [0.15, 0.2) is 60.7 Å². The van der Waals surface area contributed by atoms with E-state index >= 15 is 0 Å². The molecule has 1 heterocycles. The lowest BCUT2D eigenvalue weighted by atomic mass is 9.86. The van der Waals surface area contributed by atoms with Crippen LogP contribution in [-0.4, -0.2) is 39.4 Å². The molecule has 4 aromatic rings. The SMILES string of the molecule is COc1cc(C)cc(-c2cc(-c3cc(OC)cc(OC)c3)c(OC)c(-c3cccc4c3[P@@](C(C)(C)C)[C@@H](C)O4)c2C)c1. The van der Waals surface area contributed by atoms with Gasteiger partial charge in [-0.1, -0.05) is 39.0 Å². The van der Waals surface area contributed by atoms with E-state index in [1.165, 1.54) is 5.30 Å². The van der Waals surface area contributed by atoms with Crippen LogP contribution < -0.4 is 29.0 Å². The number of ether oxygens (including phenoxy) is 5. The molecule has 5 rings (SSSR count). The zero-order valence-electron chi connectivity index (χ0n) is 26.3. The largest absolute Gasteiger partial charge is 0.497 e. The second kappa shape index (κ2) is 11.5. The van der Waals surface area contributed by atoms with Gasteiger partial charge in [-0.15, -0.1) is 0 Å². The zero-order chi connectivity index (χ0) is 30.3. The summed E-state index contributed by atoms with van der Waals surface area (Å²) in [6, 6.07) is 21.0. The first-order valence-corrected chi connectivity index (χ1v) is 15.6. The molecular weight excluding hydrogens is 543 g/mol. The number of aryl methyl sites for hydroxylation is 1. The van der Waals surface area contributed by atoms with Crippen LogP contribution in [0.1, 0.15) is 38.8 Å². The van der Waals surface area contributed by atoms with Crippen molar-refractivity contribution in [2.45, 2.75) is 52.5 Å². The second-order valence-corrected chi connectivity index (χ2v) is 15.0. The third kappa shape index (κ3) is 5.31. The van der Waals surface area contributed by atoms with E-state index in [4.69, 9.17) is 23.7 Å². The van der Waals surface area contributed by atoms with Crippen LogP contribution in [0.3, 0.4) is 0 Å². The van der Waals surface area contributed by atoms with Gasteiger partial charge < -0.3 is 23.7 Å². The van der Waals surface area contributed by atoms with Gasteiger partial charge in [-0.3, -0.25) is 0 Å². The molecule has 0 aliphatic carbocycles. The minimum absolute atomic E-state index is 0.0573. The van der Waals surface area contributed by atoms with E-state index in [0.717, 1.165) is 61.8 Å². The van der Waals surface area contributed by atoms with E-state index < -0.39 is 7.92 Å². The van der Waals surface area contributed by atoms with Crippen molar-refractivity contribution in [3.63, 3.8) is 0 Å². The van der Waals surface area contributed by atoms with Crippen LogP contribution in [0.4, 0.5) is 0 Å². The quantitative estimate of drug-likeness (QED) is 0.203. The van der Waals surface area contributed by atoms with Crippen molar-refractivity contribution in [2.24, 2.45) is 0 Å². The molecule has 42 heavy (non-hydrogen) atoms. The Labute approximate surface area is 251 Å². The van der Waals surface area contributed by atoms with Gasteiger partial charge in [0.2, 0.25) is 0 Å². The van der Waals surface area contributed by atoms with Crippen molar-refractivity contribution < 1.29 is 23.7 Å². The Morgan fingerprint density at radius 1 is 0.690 bits per heavy atom. The molecular formula is C36H41O5P. The monoisotopic (exact) mass is 584 g/mol. The molecule has 0 fully saturated rings. The maximum Gasteiger partial charge on any atom is 0.134 e. The minimum Gasteiger partial charge on any atom is -0.497 e. The Hall–Kier alpha value is -3.69. The van der Waals surface area contributed by atoms with Crippen molar-refractivity contribution in [1.82, 2.24) is 0 Å². The first kappa shape index (κ1) is 29.8. The van der Waals surface area contributed by atoms with Gasteiger partial charge in [-0.25, -0.2) is 0 Å². The molecule has 1 aliphatic heterocycles. The number of methoxy groups -OCH3 is 4. The number of hydrogen-bond acceptors (Lipinski definition) is 5. The molecule has 6 heteroatoms. The van der Waals surface area contributed by atoms with Gasteiger partial charge in [0.05, 0.1) is 28.4 Å². The summed E-state index contributed by atoms with van der Waals surface area (Å²) in [6.07, 6.45) is 0. The summed E-state index contributed by atoms with van der Waals surface area (Å²) >= 11 is 0. The van der Waals surface area contributed by atoms with Crippen molar-refractivity contribution in [3.05, 3.63) is 71.8 Å². The van der Waals surface area contributed by atoms with Gasteiger partial charge in [0.1, 0.15) is 34.6 Å². The van der Waals surface area contributed by atoms with Gasteiger partial charge >= 0.3 is 0 Å². The number of rotatable bonds is 7. The highest BCUT2D eigenvalue weighted by Gasteiger charge is 2.41. The fourth-order valence-electron chi connectivity index (χ4n) is 6.16. The molecule has 2 atom stereocenters. The van der Waals surface area contributed by atoms with Gasteiger partial charge in [-0.2, -0.15) is 0 Å². The highest BCUT2D eigenvalue weighted by molar-refractivity contribution is 7.68. The van der Waals surface area contributed by atoms with Crippen molar-refractivity contribution in [2.75, 3.05) is 28.4 Å². The average molecular weight is 585 g/mol. The lowest BCUT2D eigenvalue weighted by molar-refractivity contribution is 0.313. The summed E-state index contributed by atoms with van der Waals surface area (Å²) in [5, 5.41) is 1.35. The van der Waals surface area contributed by atoms with E-state index in [2.05, 4.69) is 84.0 Å². The fourth-order valence-corrected chi connectivity index (χ4v) is 9.31. The maximum absolute atomic E-state index is 6.50. The van der Waals surface area contributed by atoms with E-state index in [9.17, 15) is 0 Å². The van der Waals surface area contributed by atoms with Crippen molar-refractivity contribution in [1.29, 1.82) is 0 Å². The Kier molecular flexibility index (Phi) is 8.18. The Balaban J connectivity index is 1.91. The molecule has 0 radical (unpaired) electrons. The van der Waals surface area contributed by atoms with E-state index in [1.54, 1.807) is 28.4 Å². The highest BCUT2D eigenvalue weighted by atomic mass is 31.1. The average Bonchev–Trinajstić information content (AvgIpc) is 3.32. The molecule has 0 saturated heterocycles. The van der Waals surface area contributed by atoms with Crippen LogP contribution in [-0.2, 0) is 0 Å². The van der Waals surface area contributed by atoms with Gasteiger partial charge in [0.25, 0.3) is 0 Å². The first-order valence-electron chi connectivity index (χ1n) is 14.2. The van der Waals surface area contributed by atoms with Gasteiger partial charge in [0.15, 0.2) is 0 Å². The Morgan fingerprint density at radius 2 is 1.29 bits per heavy atom. The molecule has 0 N–H and O–H groups in total. The number of hydrogen-bond donors (Lipinski definition) is 0. The third-order valence-corrected chi connectivity index (χ3v) is 11.1. The Bertz CT molecular complexity index is 1610. The van der Waals surface area contributed by atoms with E-state index in [1.807, 2.05) is 18.2 Å². The molecule has 220 valence electrons. The fraction of sp³-hybridized carbons (Fsp3) is 0.333. The van der Waals surface area contributed by atoms with Gasteiger partial charge in [-0.05, 0) is 104 Å². The zero-order valence-corrected chi connectivity index (χ0v) is 27.2. The predicted octanol–water partition coefficient (Wildman–Crippen LogP) is 8.98. The summed E-state index contributed by atoms with van der Waals surface area (Å²) in [5.41, 5.74) is 8.58. The lowest BCUT2D eigenvalue weighted by Crippen LogP contribution is -2.23. The minimum atomic E-state index is -0.632. The van der Waals surface area contributed by atoms with Crippen LogP contribution in [0.5, 0.6) is 28.7 Å². The normalized spacial score (nSPS) is 16.0. The van der Waals surface area contributed by atoms with Gasteiger partial charge in [0, 0.05) is 22.5 Å². The molecule has 5 nitrogen and oxygen atoms in total. The molecule has 0 amide bonds. The molecule has 0 aromatic heterocycles. The molecule has 0 spiro atoms. The molecule has 0 unspecified atom stereocenters. The molecule has 0 bridgehead atoms. The molecule has 4 aromatic carbocycles. The van der Waals surface area contributed by atoms with Crippen molar-refractivity contribution in [3.8, 4) is 62.1 Å². The summed E-state index contributed by atoms with van der Waals surface area (Å²) in [4.78, 5) is 0. The van der Waals surface area contributed by atoms with Crippen molar-refractivity contribution >= 4 is 13.2 Å². The van der Waals surface area contributed by atoms with E-state index in [-0.39, 0.29) is 11.0 Å². The van der Waals surface area contributed by atoms with E-state index in [0.29, 0.717) is 11.5 Å². The lowest BCUT2D eigenvalue weighted by Gasteiger charge is -2.31.